The number of halogens is 1. The molecule has 1 saturated heterocycles. The maximum absolute atomic E-state index is 11.9. The van der Waals surface area contributed by atoms with E-state index in [1.165, 1.54) is 0 Å². The zero-order valence-electron chi connectivity index (χ0n) is 10.7. The van der Waals surface area contributed by atoms with Crippen LogP contribution in [0.5, 0.6) is 0 Å². The maximum Gasteiger partial charge on any atom is 0.223 e. The zero-order valence-corrected chi connectivity index (χ0v) is 11.4. The van der Waals surface area contributed by atoms with Crippen molar-refractivity contribution in [1.82, 2.24) is 4.90 Å². The highest BCUT2D eigenvalue weighted by Gasteiger charge is 2.28. The van der Waals surface area contributed by atoms with E-state index in [9.17, 15) is 4.79 Å². The van der Waals surface area contributed by atoms with Crippen LogP contribution in [0.3, 0.4) is 0 Å². The molecule has 18 heavy (non-hydrogen) atoms. The quantitative estimate of drug-likeness (QED) is 0.852. The highest BCUT2D eigenvalue weighted by Crippen LogP contribution is 2.25. The minimum atomic E-state index is 0.252. The van der Waals surface area contributed by atoms with Crippen molar-refractivity contribution in [3.8, 4) is 0 Å². The molecule has 4 heteroatoms. The fourth-order valence-electron chi connectivity index (χ4n) is 2.52. The second-order valence-electron chi connectivity index (χ2n) is 4.99. The summed E-state index contributed by atoms with van der Waals surface area (Å²) in [5, 5.41) is 0.565. The van der Waals surface area contributed by atoms with Crippen molar-refractivity contribution in [1.29, 1.82) is 0 Å². The van der Waals surface area contributed by atoms with E-state index in [1.807, 2.05) is 17.0 Å². The third-order valence-electron chi connectivity index (χ3n) is 3.43. The molecule has 2 rings (SSSR count). The summed E-state index contributed by atoms with van der Waals surface area (Å²) in [6.45, 7) is 3.67. The van der Waals surface area contributed by atoms with Crippen molar-refractivity contribution in [2.24, 2.45) is 5.92 Å². The molecule has 1 atom stereocenters. The molecule has 3 nitrogen and oxygen atoms in total. The molecule has 0 spiro atoms. The van der Waals surface area contributed by atoms with E-state index in [1.54, 1.807) is 6.07 Å². The molecule has 1 amide bonds. The number of hydrogen-bond donors (Lipinski definition) is 1. The Labute approximate surface area is 113 Å². The molecule has 1 heterocycles. The molecule has 2 N–H and O–H groups in total. The van der Waals surface area contributed by atoms with Crippen LogP contribution in [0, 0.1) is 5.92 Å². The van der Waals surface area contributed by atoms with E-state index in [4.69, 9.17) is 17.3 Å². The van der Waals surface area contributed by atoms with E-state index in [0.717, 1.165) is 24.9 Å². The number of benzene rings is 1. The van der Waals surface area contributed by atoms with Crippen LogP contribution in [-0.4, -0.2) is 17.4 Å². The first-order valence-electron chi connectivity index (χ1n) is 6.41. The number of carbonyl (C=O) groups excluding carboxylic acids is 1. The van der Waals surface area contributed by atoms with Crippen LogP contribution in [0.15, 0.2) is 18.2 Å². The van der Waals surface area contributed by atoms with Gasteiger partial charge < -0.3 is 10.6 Å². The summed E-state index contributed by atoms with van der Waals surface area (Å²) >= 11 is 5.88. The number of carbonyl (C=O) groups is 1. The van der Waals surface area contributed by atoms with Crippen molar-refractivity contribution in [3.63, 3.8) is 0 Å². The van der Waals surface area contributed by atoms with Gasteiger partial charge in [0.15, 0.2) is 0 Å². The predicted octanol–water partition coefficient (Wildman–Crippen LogP) is 3.07. The molecule has 1 aliphatic heterocycles. The SMILES string of the molecule is CCCC1CC(=O)N(Cc2ccc(Cl)c(N)c2)C1. The molecular formula is C14H19ClN2O. The molecular weight excluding hydrogens is 248 g/mol. The third-order valence-corrected chi connectivity index (χ3v) is 3.77. The Balaban J connectivity index is 2.01. The van der Waals surface area contributed by atoms with Crippen molar-refractivity contribution < 1.29 is 4.79 Å². The molecule has 1 fully saturated rings. The smallest absolute Gasteiger partial charge is 0.223 e. The molecule has 98 valence electrons. The lowest BCUT2D eigenvalue weighted by atomic mass is 10.0. The van der Waals surface area contributed by atoms with E-state index >= 15 is 0 Å². The van der Waals surface area contributed by atoms with Gasteiger partial charge in [-0.05, 0) is 30.0 Å². The minimum Gasteiger partial charge on any atom is -0.398 e. The number of nitrogens with zero attached hydrogens (tertiary/aromatic N) is 1. The van der Waals surface area contributed by atoms with E-state index in [2.05, 4.69) is 6.92 Å². The molecule has 0 radical (unpaired) electrons. The lowest BCUT2D eigenvalue weighted by Gasteiger charge is -2.17. The molecule has 0 saturated carbocycles. The lowest BCUT2D eigenvalue weighted by molar-refractivity contribution is -0.128. The van der Waals surface area contributed by atoms with Crippen LogP contribution in [0.1, 0.15) is 31.7 Å². The average molecular weight is 267 g/mol. The molecule has 1 aromatic rings. The van der Waals surface area contributed by atoms with E-state index < -0.39 is 0 Å². The van der Waals surface area contributed by atoms with Crippen molar-refractivity contribution in [2.45, 2.75) is 32.7 Å². The van der Waals surface area contributed by atoms with Crippen molar-refractivity contribution in [2.75, 3.05) is 12.3 Å². The van der Waals surface area contributed by atoms with Crippen LogP contribution in [0.2, 0.25) is 5.02 Å². The highest BCUT2D eigenvalue weighted by atomic mass is 35.5. The van der Waals surface area contributed by atoms with E-state index in [0.29, 0.717) is 29.6 Å². The standard InChI is InChI=1S/C14H19ClN2O/c1-2-3-10-7-14(18)17(8-10)9-11-4-5-12(15)13(16)6-11/h4-6,10H,2-3,7-9,16H2,1H3. The maximum atomic E-state index is 11.9. The van der Waals surface area contributed by atoms with Gasteiger partial charge >= 0.3 is 0 Å². The Bertz CT molecular complexity index is 447. The molecule has 1 aliphatic rings. The second kappa shape index (κ2) is 5.61. The summed E-state index contributed by atoms with van der Waals surface area (Å²) in [5.41, 5.74) is 7.39. The van der Waals surface area contributed by atoms with Gasteiger partial charge in [0.2, 0.25) is 5.91 Å². The van der Waals surface area contributed by atoms with Crippen molar-refractivity contribution in [3.05, 3.63) is 28.8 Å². The molecule has 0 aliphatic carbocycles. The van der Waals surface area contributed by atoms with Gasteiger partial charge in [-0.2, -0.15) is 0 Å². The predicted molar refractivity (Wildman–Crippen MR) is 74.3 cm³/mol. The van der Waals surface area contributed by atoms with Gasteiger partial charge in [-0.15, -0.1) is 0 Å². The summed E-state index contributed by atoms with van der Waals surface area (Å²) in [7, 11) is 0. The Hall–Kier alpha value is -1.22. The van der Waals surface area contributed by atoms with Gasteiger partial charge in [-0.25, -0.2) is 0 Å². The normalized spacial score (nSPS) is 19.6. The largest absolute Gasteiger partial charge is 0.398 e. The van der Waals surface area contributed by atoms with Gasteiger partial charge in [0.25, 0.3) is 0 Å². The number of anilines is 1. The Morgan fingerprint density at radius 1 is 1.50 bits per heavy atom. The molecule has 1 unspecified atom stereocenters. The molecule has 0 bridgehead atoms. The lowest BCUT2D eigenvalue weighted by Crippen LogP contribution is -2.24. The number of hydrogen-bond acceptors (Lipinski definition) is 2. The van der Waals surface area contributed by atoms with Gasteiger partial charge in [0, 0.05) is 19.5 Å². The third kappa shape index (κ3) is 2.96. The van der Waals surface area contributed by atoms with Crippen LogP contribution in [0.25, 0.3) is 0 Å². The first-order valence-corrected chi connectivity index (χ1v) is 6.79. The first-order chi connectivity index (χ1) is 8.60. The topological polar surface area (TPSA) is 46.3 Å². The summed E-state index contributed by atoms with van der Waals surface area (Å²) in [6.07, 6.45) is 2.96. The van der Waals surface area contributed by atoms with Crippen LogP contribution in [-0.2, 0) is 11.3 Å². The number of amides is 1. The van der Waals surface area contributed by atoms with Crippen LogP contribution < -0.4 is 5.73 Å². The Morgan fingerprint density at radius 3 is 2.94 bits per heavy atom. The van der Waals surface area contributed by atoms with Gasteiger partial charge in [-0.1, -0.05) is 31.0 Å². The Kier molecular flexibility index (Phi) is 4.12. The first kappa shape index (κ1) is 13.2. The molecule has 1 aromatic carbocycles. The van der Waals surface area contributed by atoms with Gasteiger partial charge in [-0.3, -0.25) is 4.79 Å². The zero-order chi connectivity index (χ0) is 13.1. The monoisotopic (exact) mass is 266 g/mol. The minimum absolute atomic E-state index is 0.252. The fourth-order valence-corrected chi connectivity index (χ4v) is 2.64. The summed E-state index contributed by atoms with van der Waals surface area (Å²) < 4.78 is 0. The summed E-state index contributed by atoms with van der Waals surface area (Å²) in [6, 6.07) is 5.57. The van der Waals surface area contributed by atoms with E-state index in [-0.39, 0.29) is 5.91 Å². The number of nitrogens with two attached hydrogens (primary N) is 1. The van der Waals surface area contributed by atoms with Gasteiger partial charge in [0.05, 0.1) is 10.7 Å². The number of likely N-dealkylation sites (tertiary alicyclic amines) is 1. The number of nitrogen functional groups attached to an aromatic ring is 1. The Morgan fingerprint density at radius 2 is 2.28 bits per heavy atom. The number of rotatable bonds is 4. The highest BCUT2D eigenvalue weighted by molar-refractivity contribution is 6.33. The van der Waals surface area contributed by atoms with Crippen LogP contribution in [0.4, 0.5) is 5.69 Å². The van der Waals surface area contributed by atoms with Crippen LogP contribution >= 0.6 is 11.6 Å². The second-order valence-corrected chi connectivity index (χ2v) is 5.40. The molecule has 0 aromatic heterocycles. The van der Waals surface area contributed by atoms with Gasteiger partial charge in [0.1, 0.15) is 0 Å². The van der Waals surface area contributed by atoms with Crippen molar-refractivity contribution >= 4 is 23.2 Å². The average Bonchev–Trinajstić information content (AvgIpc) is 2.65. The summed E-state index contributed by atoms with van der Waals surface area (Å²) in [4.78, 5) is 13.8. The fraction of sp³-hybridized carbons (Fsp3) is 0.500. The summed E-state index contributed by atoms with van der Waals surface area (Å²) in [5.74, 6) is 0.772.